The standard InChI is InChI=1S/C33H41N7O7S2/c1-32(2,3)47-31(46)37-22-10-8-6-4-5-7-9-19-16-33(19,30(44)45)38-25(41)23-15-20(18-39(23)28(22)42)40-29(43)24(27-35-12-14-49-27)21(17-36-40)26-34-11-13-48-26/h11-14,17,19-20,22-23H,4-10,15-16,18H2,1-3H3,(H,37,46)(H,38,41)(H,44,45)/t19-,20-,22+,23?,33-/m0/s1. The maximum absolute atomic E-state index is 14.4. The Morgan fingerprint density at radius 3 is 2.35 bits per heavy atom. The molecule has 49 heavy (non-hydrogen) atoms. The minimum Gasteiger partial charge on any atom is -0.479 e. The number of aliphatic carboxylic acids is 1. The molecule has 262 valence electrons. The van der Waals surface area contributed by atoms with Crippen LogP contribution in [0.4, 0.5) is 4.79 Å². The number of carboxylic acid groups (broad SMARTS) is 1. The van der Waals surface area contributed by atoms with Gasteiger partial charge < -0.3 is 25.4 Å². The number of hydrogen-bond acceptors (Lipinski definition) is 11. The van der Waals surface area contributed by atoms with Gasteiger partial charge in [-0.15, -0.1) is 22.7 Å². The second-order valence-corrected chi connectivity index (χ2v) is 15.8. The van der Waals surface area contributed by atoms with E-state index in [1.54, 1.807) is 50.1 Å². The van der Waals surface area contributed by atoms with Gasteiger partial charge in [0.1, 0.15) is 33.2 Å². The number of aromatic nitrogens is 4. The average molecular weight is 712 g/mol. The fourth-order valence-corrected chi connectivity index (χ4v) is 8.25. The van der Waals surface area contributed by atoms with Gasteiger partial charge in [0, 0.05) is 41.7 Å². The van der Waals surface area contributed by atoms with E-state index in [-0.39, 0.29) is 18.9 Å². The summed E-state index contributed by atoms with van der Waals surface area (Å²) in [6, 6.07) is -2.84. The zero-order valence-electron chi connectivity index (χ0n) is 27.7. The van der Waals surface area contributed by atoms with Gasteiger partial charge in [-0.05, 0) is 46.0 Å². The van der Waals surface area contributed by atoms with Crippen molar-refractivity contribution in [3.05, 3.63) is 39.7 Å². The Morgan fingerprint density at radius 1 is 1.02 bits per heavy atom. The molecule has 2 saturated heterocycles. The SMILES string of the molecule is CC(C)(C)OC(=O)N[C@@H]1CCCCCCC[C@H]2C[C@]2(C(=O)O)NC(=O)C2C[C@H](n3ncc(-c4nccs4)c(-c4nccs4)c3=O)CN2C1=O. The van der Waals surface area contributed by atoms with Gasteiger partial charge in [-0.3, -0.25) is 14.4 Å². The quantitative estimate of drug-likeness (QED) is 0.346. The molecule has 16 heteroatoms. The lowest BCUT2D eigenvalue weighted by atomic mass is 10.0. The third kappa shape index (κ3) is 7.39. The number of thiazole rings is 2. The molecule has 2 aliphatic heterocycles. The minimum atomic E-state index is -1.40. The van der Waals surface area contributed by atoms with Crippen molar-refractivity contribution >= 4 is 46.6 Å². The Balaban J connectivity index is 1.37. The number of fused-ring (bicyclic) bond motifs is 2. The van der Waals surface area contributed by atoms with Crippen molar-refractivity contribution in [3.8, 4) is 21.1 Å². The highest BCUT2D eigenvalue weighted by atomic mass is 32.1. The first-order valence-electron chi connectivity index (χ1n) is 16.6. The zero-order valence-corrected chi connectivity index (χ0v) is 29.3. The van der Waals surface area contributed by atoms with Crippen LogP contribution in [0.2, 0.25) is 0 Å². The number of alkyl carbamates (subject to hydrolysis) is 1. The third-order valence-electron chi connectivity index (χ3n) is 9.39. The van der Waals surface area contributed by atoms with Crippen molar-refractivity contribution in [2.45, 2.75) is 108 Å². The number of ether oxygens (including phenoxy) is 1. The van der Waals surface area contributed by atoms with E-state index in [4.69, 9.17) is 4.74 Å². The molecule has 3 fully saturated rings. The largest absolute Gasteiger partial charge is 0.479 e. The second kappa shape index (κ2) is 14.0. The van der Waals surface area contributed by atoms with Crippen LogP contribution in [0.1, 0.15) is 84.6 Å². The molecule has 5 heterocycles. The molecule has 0 bridgehead atoms. The molecule has 14 nitrogen and oxygen atoms in total. The first-order chi connectivity index (χ1) is 23.4. The molecule has 5 atom stereocenters. The molecule has 1 aliphatic carbocycles. The number of nitrogens with one attached hydrogen (secondary N) is 2. The summed E-state index contributed by atoms with van der Waals surface area (Å²) in [5, 5.41) is 24.9. The number of carbonyl (C=O) groups excluding carboxylic acids is 3. The van der Waals surface area contributed by atoms with E-state index < -0.39 is 58.7 Å². The third-order valence-corrected chi connectivity index (χ3v) is 11.0. The van der Waals surface area contributed by atoms with E-state index in [2.05, 4.69) is 25.7 Å². The fourth-order valence-electron chi connectivity index (χ4n) is 6.91. The lowest BCUT2D eigenvalue weighted by Gasteiger charge is -2.30. The Morgan fingerprint density at radius 2 is 1.69 bits per heavy atom. The summed E-state index contributed by atoms with van der Waals surface area (Å²) in [6.07, 6.45) is 9.47. The average Bonchev–Trinajstić information content (AvgIpc) is 3.56. The molecule has 0 aromatic carbocycles. The summed E-state index contributed by atoms with van der Waals surface area (Å²) < 4.78 is 6.75. The zero-order chi connectivity index (χ0) is 34.9. The van der Waals surface area contributed by atoms with Crippen LogP contribution in [-0.2, 0) is 19.1 Å². The minimum absolute atomic E-state index is 0.0118. The number of hydrogen-bond donors (Lipinski definition) is 3. The number of amides is 3. The molecule has 1 saturated carbocycles. The number of nitrogens with zero attached hydrogens (tertiary/aromatic N) is 5. The first kappa shape index (κ1) is 34.7. The maximum atomic E-state index is 14.4. The van der Waals surface area contributed by atoms with Crippen molar-refractivity contribution in [2.75, 3.05) is 6.54 Å². The van der Waals surface area contributed by atoms with Crippen molar-refractivity contribution in [1.29, 1.82) is 0 Å². The predicted octanol–water partition coefficient (Wildman–Crippen LogP) is 4.23. The molecule has 0 spiro atoms. The lowest BCUT2D eigenvalue weighted by molar-refractivity contribution is -0.146. The van der Waals surface area contributed by atoms with Crippen LogP contribution in [0.3, 0.4) is 0 Å². The van der Waals surface area contributed by atoms with Gasteiger partial charge in [0.05, 0.1) is 17.8 Å². The van der Waals surface area contributed by atoms with E-state index in [0.29, 0.717) is 46.8 Å². The summed E-state index contributed by atoms with van der Waals surface area (Å²) in [4.78, 5) is 78.2. The van der Waals surface area contributed by atoms with Gasteiger partial charge in [-0.1, -0.05) is 32.1 Å². The maximum Gasteiger partial charge on any atom is 0.408 e. The number of rotatable bonds is 5. The highest BCUT2D eigenvalue weighted by Gasteiger charge is 2.62. The summed E-state index contributed by atoms with van der Waals surface area (Å²) in [6.45, 7) is 5.12. The van der Waals surface area contributed by atoms with Gasteiger partial charge in [0.15, 0.2) is 0 Å². The molecule has 3 amide bonds. The molecule has 1 unspecified atom stereocenters. The molecule has 0 radical (unpaired) electrons. The molecule has 3 aliphatic rings. The first-order valence-corrected chi connectivity index (χ1v) is 18.4. The summed E-state index contributed by atoms with van der Waals surface area (Å²) in [7, 11) is 0. The van der Waals surface area contributed by atoms with Crippen LogP contribution in [0.15, 0.2) is 34.1 Å². The topological polar surface area (TPSA) is 186 Å². The molecule has 6 rings (SSSR count). The number of carboxylic acids is 1. The predicted molar refractivity (Wildman–Crippen MR) is 182 cm³/mol. The van der Waals surface area contributed by atoms with Crippen LogP contribution in [0.25, 0.3) is 21.1 Å². The van der Waals surface area contributed by atoms with E-state index in [0.717, 1.165) is 25.7 Å². The van der Waals surface area contributed by atoms with Crippen molar-refractivity contribution in [2.24, 2.45) is 5.92 Å². The van der Waals surface area contributed by atoms with Crippen LogP contribution >= 0.6 is 22.7 Å². The van der Waals surface area contributed by atoms with Crippen LogP contribution < -0.4 is 16.2 Å². The molecule has 3 aromatic rings. The molecular formula is C33H41N7O7S2. The van der Waals surface area contributed by atoms with E-state index in [1.807, 2.05) is 0 Å². The van der Waals surface area contributed by atoms with E-state index in [9.17, 15) is 29.1 Å². The molecule has 3 N–H and O–H groups in total. The van der Waals surface area contributed by atoms with Crippen LogP contribution in [0.5, 0.6) is 0 Å². The Labute approximate surface area is 291 Å². The van der Waals surface area contributed by atoms with E-state index >= 15 is 0 Å². The van der Waals surface area contributed by atoms with Gasteiger partial charge in [0.2, 0.25) is 11.8 Å². The highest BCUT2D eigenvalue weighted by Crippen LogP contribution is 2.47. The summed E-state index contributed by atoms with van der Waals surface area (Å²) in [5.74, 6) is -2.42. The van der Waals surface area contributed by atoms with Gasteiger partial charge in [-0.2, -0.15) is 5.10 Å². The Bertz CT molecular complexity index is 1750. The van der Waals surface area contributed by atoms with Crippen LogP contribution in [0, 0.1) is 5.92 Å². The van der Waals surface area contributed by atoms with Crippen molar-refractivity contribution in [3.63, 3.8) is 0 Å². The lowest BCUT2D eigenvalue weighted by Crippen LogP contribution is -2.56. The highest BCUT2D eigenvalue weighted by molar-refractivity contribution is 7.14. The van der Waals surface area contributed by atoms with Crippen molar-refractivity contribution in [1.82, 2.24) is 35.3 Å². The number of carbonyl (C=O) groups is 4. The smallest absolute Gasteiger partial charge is 0.408 e. The molecular weight excluding hydrogens is 671 g/mol. The second-order valence-electron chi connectivity index (χ2n) is 14.0. The van der Waals surface area contributed by atoms with E-state index in [1.165, 1.54) is 32.3 Å². The Hall–Kier alpha value is -4.18. The van der Waals surface area contributed by atoms with Crippen LogP contribution in [-0.4, -0.2) is 83.4 Å². The summed E-state index contributed by atoms with van der Waals surface area (Å²) >= 11 is 2.66. The van der Waals surface area contributed by atoms with Gasteiger partial charge in [0.25, 0.3) is 5.56 Å². The normalized spacial score (nSPS) is 26.5. The monoisotopic (exact) mass is 711 g/mol. The Kier molecular flexibility index (Phi) is 9.89. The van der Waals surface area contributed by atoms with Crippen molar-refractivity contribution < 1.29 is 29.0 Å². The fraction of sp³-hybridized carbons (Fsp3) is 0.576. The van der Waals surface area contributed by atoms with Gasteiger partial charge >= 0.3 is 12.1 Å². The summed E-state index contributed by atoms with van der Waals surface area (Å²) in [5.41, 5.74) is -1.81. The molecule has 3 aromatic heterocycles. The van der Waals surface area contributed by atoms with Gasteiger partial charge in [-0.25, -0.2) is 24.2 Å².